The van der Waals surface area contributed by atoms with Crippen molar-refractivity contribution in [1.82, 2.24) is 15.1 Å². The number of amides is 1. The fourth-order valence-corrected chi connectivity index (χ4v) is 1.91. The number of hydrogen-bond acceptors (Lipinski definition) is 3. The molecule has 0 fully saturated rings. The number of rotatable bonds is 3. The quantitative estimate of drug-likeness (QED) is 0.903. The number of benzene rings is 1. The number of nitrogens with one attached hydrogen (secondary N) is 1. The first-order chi connectivity index (χ1) is 8.99. The molecule has 1 aromatic heterocycles. The Hall–Kier alpha value is -1.89. The molecular formula is C12H12BrFN4O. The predicted octanol–water partition coefficient (Wildman–Crippen LogP) is 1.83. The molecule has 2 aromatic rings. The molecule has 7 heteroatoms. The first-order valence-electron chi connectivity index (χ1n) is 5.48. The van der Waals surface area contributed by atoms with Crippen LogP contribution in [0, 0.1) is 5.82 Å². The Morgan fingerprint density at radius 1 is 1.58 bits per heavy atom. The van der Waals surface area contributed by atoms with Gasteiger partial charge in [0.1, 0.15) is 11.6 Å². The molecule has 0 atom stereocenters. The van der Waals surface area contributed by atoms with Crippen LogP contribution in [0.5, 0.6) is 0 Å². The summed E-state index contributed by atoms with van der Waals surface area (Å²) in [5, 5.41) is 6.56. The lowest BCUT2D eigenvalue weighted by molar-refractivity contribution is 0.0947. The molecule has 0 unspecified atom stereocenters. The van der Waals surface area contributed by atoms with E-state index in [2.05, 4.69) is 26.3 Å². The van der Waals surface area contributed by atoms with Gasteiger partial charge in [-0.05, 0) is 18.2 Å². The summed E-state index contributed by atoms with van der Waals surface area (Å²) in [6, 6.07) is 4.27. The van der Waals surface area contributed by atoms with Gasteiger partial charge >= 0.3 is 0 Å². The van der Waals surface area contributed by atoms with Crippen LogP contribution < -0.4 is 11.1 Å². The average Bonchev–Trinajstić information content (AvgIpc) is 2.67. The summed E-state index contributed by atoms with van der Waals surface area (Å²) in [7, 11) is 1.70. The van der Waals surface area contributed by atoms with Gasteiger partial charge in [-0.3, -0.25) is 9.48 Å². The second-order valence-corrected chi connectivity index (χ2v) is 4.90. The van der Waals surface area contributed by atoms with E-state index >= 15 is 0 Å². The van der Waals surface area contributed by atoms with E-state index in [1.165, 1.54) is 16.8 Å². The lowest BCUT2D eigenvalue weighted by Gasteiger charge is -2.06. The summed E-state index contributed by atoms with van der Waals surface area (Å²) in [6.45, 7) is 0.202. The third kappa shape index (κ3) is 2.93. The number of nitrogens with zero attached hydrogens (tertiary/aromatic N) is 2. The molecule has 19 heavy (non-hydrogen) atoms. The third-order valence-electron chi connectivity index (χ3n) is 2.68. The standard InChI is InChI=1S/C12H12BrFN4O/c1-18-11(15)7(6-17-18)5-16-12(19)9-3-2-8(13)4-10(9)14/h2-4,6H,5,15H2,1H3,(H,16,19). The minimum absolute atomic E-state index is 0.00865. The summed E-state index contributed by atoms with van der Waals surface area (Å²) in [5.41, 5.74) is 6.43. The highest BCUT2D eigenvalue weighted by Gasteiger charge is 2.13. The van der Waals surface area contributed by atoms with Gasteiger partial charge < -0.3 is 11.1 Å². The van der Waals surface area contributed by atoms with Crippen molar-refractivity contribution in [3.05, 3.63) is 45.8 Å². The van der Waals surface area contributed by atoms with Crippen LogP contribution in [0.1, 0.15) is 15.9 Å². The number of nitrogens with two attached hydrogens (primary N) is 1. The molecule has 5 nitrogen and oxygen atoms in total. The monoisotopic (exact) mass is 326 g/mol. The van der Waals surface area contributed by atoms with Gasteiger partial charge in [0, 0.05) is 23.6 Å². The van der Waals surface area contributed by atoms with E-state index in [0.717, 1.165) is 0 Å². The second-order valence-electron chi connectivity index (χ2n) is 3.99. The molecule has 1 amide bonds. The maximum absolute atomic E-state index is 13.6. The Morgan fingerprint density at radius 3 is 2.89 bits per heavy atom. The Morgan fingerprint density at radius 2 is 2.32 bits per heavy atom. The fraction of sp³-hybridized carbons (Fsp3) is 0.167. The van der Waals surface area contributed by atoms with Gasteiger partial charge in [0.2, 0.25) is 0 Å². The van der Waals surface area contributed by atoms with E-state index in [1.54, 1.807) is 19.3 Å². The summed E-state index contributed by atoms with van der Waals surface area (Å²) >= 11 is 3.13. The van der Waals surface area contributed by atoms with Gasteiger partial charge in [0.15, 0.2) is 0 Å². The average molecular weight is 327 g/mol. The maximum Gasteiger partial charge on any atom is 0.254 e. The van der Waals surface area contributed by atoms with Crippen molar-refractivity contribution in [3.63, 3.8) is 0 Å². The zero-order chi connectivity index (χ0) is 14.0. The van der Waals surface area contributed by atoms with E-state index < -0.39 is 11.7 Å². The number of carbonyl (C=O) groups excluding carboxylic acids is 1. The van der Waals surface area contributed by atoms with Gasteiger partial charge in [0.05, 0.1) is 11.8 Å². The molecular weight excluding hydrogens is 315 g/mol. The Balaban J connectivity index is 2.07. The fourth-order valence-electron chi connectivity index (χ4n) is 1.57. The van der Waals surface area contributed by atoms with Crippen molar-refractivity contribution >= 4 is 27.7 Å². The van der Waals surface area contributed by atoms with E-state index in [9.17, 15) is 9.18 Å². The molecule has 0 spiro atoms. The molecule has 0 aliphatic carbocycles. The number of aromatic nitrogens is 2. The van der Waals surface area contributed by atoms with Crippen LogP contribution in [0.2, 0.25) is 0 Å². The minimum Gasteiger partial charge on any atom is -0.384 e. The largest absolute Gasteiger partial charge is 0.384 e. The summed E-state index contributed by atoms with van der Waals surface area (Å²) in [5.74, 6) is -0.601. The summed E-state index contributed by atoms with van der Waals surface area (Å²) in [6.07, 6.45) is 1.56. The van der Waals surface area contributed by atoms with Crippen molar-refractivity contribution in [2.24, 2.45) is 7.05 Å². The first-order valence-corrected chi connectivity index (χ1v) is 6.28. The highest BCUT2D eigenvalue weighted by Crippen LogP contribution is 2.15. The van der Waals surface area contributed by atoms with Gasteiger partial charge in [0.25, 0.3) is 5.91 Å². The molecule has 0 aliphatic rings. The number of aryl methyl sites for hydroxylation is 1. The predicted molar refractivity (Wildman–Crippen MR) is 72.9 cm³/mol. The normalized spacial score (nSPS) is 10.5. The summed E-state index contributed by atoms with van der Waals surface area (Å²) in [4.78, 5) is 11.8. The lowest BCUT2D eigenvalue weighted by Crippen LogP contribution is -2.24. The highest BCUT2D eigenvalue weighted by molar-refractivity contribution is 9.10. The van der Waals surface area contributed by atoms with Gasteiger partial charge in [-0.25, -0.2) is 4.39 Å². The molecule has 1 heterocycles. The maximum atomic E-state index is 13.6. The highest BCUT2D eigenvalue weighted by atomic mass is 79.9. The van der Waals surface area contributed by atoms with E-state index in [4.69, 9.17) is 5.73 Å². The van der Waals surface area contributed by atoms with E-state index in [1.807, 2.05) is 0 Å². The van der Waals surface area contributed by atoms with Crippen LogP contribution in [-0.2, 0) is 13.6 Å². The van der Waals surface area contributed by atoms with Crippen LogP contribution in [0.15, 0.2) is 28.9 Å². The smallest absolute Gasteiger partial charge is 0.254 e. The van der Waals surface area contributed by atoms with Crippen LogP contribution in [0.4, 0.5) is 10.2 Å². The number of anilines is 1. The lowest BCUT2D eigenvalue weighted by atomic mass is 10.2. The summed E-state index contributed by atoms with van der Waals surface area (Å²) < 4.78 is 15.7. The van der Waals surface area contributed by atoms with Crippen molar-refractivity contribution in [1.29, 1.82) is 0 Å². The third-order valence-corrected chi connectivity index (χ3v) is 3.17. The Bertz CT molecular complexity index is 626. The van der Waals surface area contributed by atoms with E-state index in [-0.39, 0.29) is 12.1 Å². The number of nitrogen functional groups attached to an aromatic ring is 1. The second kappa shape index (κ2) is 5.40. The van der Waals surface area contributed by atoms with Crippen LogP contribution in [0.25, 0.3) is 0 Å². The molecule has 0 saturated heterocycles. The minimum atomic E-state index is -0.578. The zero-order valence-corrected chi connectivity index (χ0v) is 11.7. The van der Waals surface area contributed by atoms with Gasteiger partial charge in [-0.1, -0.05) is 15.9 Å². The zero-order valence-electron chi connectivity index (χ0n) is 10.2. The van der Waals surface area contributed by atoms with Crippen molar-refractivity contribution in [3.8, 4) is 0 Å². The topological polar surface area (TPSA) is 72.9 Å². The van der Waals surface area contributed by atoms with Crippen LogP contribution >= 0.6 is 15.9 Å². The van der Waals surface area contributed by atoms with Crippen molar-refractivity contribution in [2.45, 2.75) is 6.54 Å². The Labute approximate surface area is 117 Å². The number of halogens is 2. The molecule has 0 bridgehead atoms. The van der Waals surface area contributed by atoms with Crippen molar-refractivity contribution in [2.75, 3.05) is 5.73 Å². The molecule has 0 saturated carbocycles. The molecule has 0 aliphatic heterocycles. The molecule has 2 rings (SSSR count). The molecule has 3 N–H and O–H groups in total. The van der Waals surface area contributed by atoms with Crippen LogP contribution in [0.3, 0.4) is 0 Å². The van der Waals surface area contributed by atoms with Gasteiger partial charge in [-0.2, -0.15) is 5.10 Å². The van der Waals surface area contributed by atoms with Gasteiger partial charge in [-0.15, -0.1) is 0 Å². The van der Waals surface area contributed by atoms with Crippen LogP contribution in [-0.4, -0.2) is 15.7 Å². The molecule has 100 valence electrons. The molecule has 1 aromatic carbocycles. The molecule has 0 radical (unpaired) electrons. The van der Waals surface area contributed by atoms with E-state index in [0.29, 0.717) is 15.9 Å². The van der Waals surface area contributed by atoms with Crippen molar-refractivity contribution < 1.29 is 9.18 Å². The number of carbonyl (C=O) groups is 1. The SMILES string of the molecule is Cn1ncc(CNC(=O)c2ccc(Br)cc2F)c1N. The number of hydrogen-bond donors (Lipinski definition) is 2. The Kier molecular flexibility index (Phi) is 3.84. The first kappa shape index (κ1) is 13.5.